The second kappa shape index (κ2) is 6.53. The molecule has 0 radical (unpaired) electrons. The van der Waals surface area contributed by atoms with Gasteiger partial charge in [0.15, 0.2) is 0 Å². The van der Waals surface area contributed by atoms with Gasteiger partial charge < -0.3 is 15.8 Å². The van der Waals surface area contributed by atoms with Gasteiger partial charge in [0.2, 0.25) is 0 Å². The molecule has 4 heteroatoms. The van der Waals surface area contributed by atoms with Gasteiger partial charge in [-0.1, -0.05) is 24.6 Å². The van der Waals surface area contributed by atoms with Gasteiger partial charge in [-0.15, -0.1) is 0 Å². The minimum Gasteiger partial charge on any atom is -0.491 e. The van der Waals surface area contributed by atoms with Crippen molar-refractivity contribution in [3.8, 4) is 5.75 Å². The molecule has 0 saturated heterocycles. The van der Waals surface area contributed by atoms with Crippen molar-refractivity contribution in [1.82, 2.24) is 0 Å². The number of nitrogen functional groups attached to an aromatic ring is 1. The Balaban J connectivity index is 2.22. The zero-order chi connectivity index (χ0) is 14.5. The molecule has 0 spiro atoms. The zero-order valence-corrected chi connectivity index (χ0v) is 12.5. The Morgan fingerprint density at radius 1 is 1.20 bits per heavy atom. The first-order valence-corrected chi connectivity index (χ1v) is 7.03. The monoisotopic (exact) mass is 290 g/mol. The van der Waals surface area contributed by atoms with E-state index in [0.717, 1.165) is 23.4 Å². The van der Waals surface area contributed by atoms with Crippen LogP contribution in [0, 0.1) is 6.92 Å². The van der Waals surface area contributed by atoms with Crippen LogP contribution in [0.2, 0.25) is 5.02 Å². The van der Waals surface area contributed by atoms with E-state index in [0.29, 0.717) is 23.1 Å². The number of anilines is 3. The zero-order valence-electron chi connectivity index (χ0n) is 11.7. The Morgan fingerprint density at radius 3 is 2.75 bits per heavy atom. The third-order valence-corrected chi connectivity index (χ3v) is 3.19. The molecule has 20 heavy (non-hydrogen) atoms. The molecular weight excluding hydrogens is 272 g/mol. The minimum atomic E-state index is 0.645. The summed E-state index contributed by atoms with van der Waals surface area (Å²) in [7, 11) is 0. The van der Waals surface area contributed by atoms with Crippen molar-refractivity contribution < 1.29 is 4.74 Å². The summed E-state index contributed by atoms with van der Waals surface area (Å²) in [6, 6.07) is 11.4. The third kappa shape index (κ3) is 3.58. The van der Waals surface area contributed by atoms with Gasteiger partial charge in [0.05, 0.1) is 12.3 Å². The second-order valence-corrected chi connectivity index (χ2v) is 5.12. The van der Waals surface area contributed by atoms with Gasteiger partial charge in [-0.3, -0.25) is 0 Å². The molecule has 106 valence electrons. The number of halogens is 1. The molecule has 3 nitrogen and oxygen atoms in total. The van der Waals surface area contributed by atoms with Gasteiger partial charge in [0, 0.05) is 22.5 Å². The third-order valence-electron chi connectivity index (χ3n) is 2.95. The summed E-state index contributed by atoms with van der Waals surface area (Å²) < 4.78 is 5.63. The van der Waals surface area contributed by atoms with Crippen molar-refractivity contribution in [3.63, 3.8) is 0 Å². The molecule has 0 heterocycles. The summed E-state index contributed by atoms with van der Waals surface area (Å²) in [5.74, 6) is 0.705. The summed E-state index contributed by atoms with van der Waals surface area (Å²) in [5, 5.41) is 4.04. The van der Waals surface area contributed by atoms with E-state index in [-0.39, 0.29) is 0 Å². The van der Waals surface area contributed by atoms with Gasteiger partial charge >= 0.3 is 0 Å². The molecule has 0 atom stereocenters. The standard InChI is InChI=1S/C16H19ClN2O/c1-3-8-20-16-10-13(6-7-14(16)18)19-15-9-12(17)5-4-11(15)2/h4-7,9-10,19H,3,8,18H2,1-2H3. The van der Waals surface area contributed by atoms with Crippen LogP contribution in [0.3, 0.4) is 0 Å². The highest BCUT2D eigenvalue weighted by Gasteiger charge is 2.04. The highest BCUT2D eigenvalue weighted by molar-refractivity contribution is 6.30. The Bertz CT molecular complexity index is 599. The predicted molar refractivity (Wildman–Crippen MR) is 86.1 cm³/mol. The van der Waals surface area contributed by atoms with Crippen molar-refractivity contribution in [1.29, 1.82) is 0 Å². The lowest BCUT2D eigenvalue weighted by Gasteiger charge is -2.13. The predicted octanol–water partition coefficient (Wildman–Crippen LogP) is 4.76. The fourth-order valence-electron chi connectivity index (χ4n) is 1.83. The van der Waals surface area contributed by atoms with Crippen LogP contribution in [0.1, 0.15) is 18.9 Å². The first kappa shape index (κ1) is 14.5. The number of aryl methyl sites for hydroxylation is 1. The van der Waals surface area contributed by atoms with Crippen LogP contribution < -0.4 is 15.8 Å². The Kier molecular flexibility index (Phi) is 4.74. The van der Waals surface area contributed by atoms with Crippen LogP contribution in [0.25, 0.3) is 0 Å². The number of hydrogen-bond donors (Lipinski definition) is 2. The maximum Gasteiger partial charge on any atom is 0.144 e. The maximum absolute atomic E-state index is 6.02. The lowest BCUT2D eigenvalue weighted by molar-refractivity contribution is 0.319. The Morgan fingerprint density at radius 2 is 2.00 bits per heavy atom. The summed E-state index contributed by atoms with van der Waals surface area (Å²) >= 11 is 6.02. The molecule has 2 rings (SSSR count). The van der Waals surface area contributed by atoms with Crippen LogP contribution in [-0.4, -0.2) is 6.61 Å². The summed E-state index contributed by atoms with van der Waals surface area (Å²) in [5.41, 5.74) is 9.58. The van der Waals surface area contributed by atoms with Crippen molar-refractivity contribution >= 4 is 28.7 Å². The van der Waals surface area contributed by atoms with E-state index in [4.69, 9.17) is 22.1 Å². The number of nitrogens with one attached hydrogen (secondary N) is 1. The normalized spacial score (nSPS) is 10.3. The second-order valence-electron chi connectivity index (χ2n) is 4.69. The fraction of sp³-hybridized carbons (Fsp3) is 0.250. The highest BCUT2D eigenvalue weighted by atomic mass is 35.5. The molecule has 2 aromatic rings. The van der Waals surface area contributed by atoms with Crippen molar-refractivity contribution in [2.75, 3.05) is 17.7 Å². The first-order valence-electron chi connectivity index (χ1n) is 6.65. The molecule has 0 bridgehead atoms. The molecule has 2 aromatic carbocycles. The van der Waals surface area contributed by atoms with E-state index >= 15 is 0 Å². The number of hydrogen-bond acceptors (Lipinski definition) is 3. The maximum atomic E-state index is 6.02. The molecule has 0 saturated carbocycles. The number of benzene rings is 2. The average molecular weight is 291 g/mol. The molecule has 0 aliphatic rings. The first-order chi connectivity index (χ1) is 9.60. The van der Waals surface area contributed by atoms with Crippen molar-refractivity contribution in [2.45, 2.75) is 20.3 Å². The van der Waals surface area contributed by atoms with Gasteiger partial charge in [-0.25, -0.2) is 0 Å². The average Bonchev–Trinajstić information content (AvgIpc) is 2.43. The molecule has 0 aromatic heterocycles. The Hall–Kier alpha value is -1.87. The van der Waals surface area contributed by atoms with Crippen molar-refractivity contribution in [3.05, 3.63) is 47.0 Å². The van der Waals surface area contributed by atoms with Crippen LogP contribution >= 0.6 is 11.6 Å². The van der Waals surface area contributed by atoms with E-state index in [1.54, 1.807) is 0 Å². The van der Waals surface area contributed by atoms with Gasteiger partial charge in [0.1, 0.15) is 5.75 Å². The molecule has 0 fully saturated rings. The van der Waals surface area contributed by atoms with Crippen molar-refractivity contribution in [2.24, 2.45) is 0 Å². The molecule has 3 N–H and O–H groups in total. The topological polar surface area (TPSA) is 47.3 Å². The van der Waals surface area contributed by atoms with E-state index in [1.807, 2.05) is 43.3 Å². The molecule has 0 aliphatic carbocycles. The van der Waals surface area contributed by atoms with Crippen LogP contribution in [-0.2, 0) is 0 Å². The Labute approximate surface area is 124 Å². The van der Waals surface area contributed by atoms with E-state index in [1.165, 1.54) is 0 Å². The molecule has 0 unspecified atom stereocenters. The van der Waals surface area contributed by atoms with Crippen LogP contribution in [0.15, 0.2) is 36.4 Å². The lowest BCUT2D eigenvalue weighted by Crippen LogP contribution is -2.00. The van der Waals surface area contributed by atoms with Gasteiger partial charge in [0.25, 0.3) is 0 Å². The van der Waals surface area contributed by atoms with E-state index in [2.05, 4.69) is 12.2 Å². The molecular formula is C16H19ClN2O. The smallest absolute Gasteiger partial charge is 0.144 e. The highest BCUT2D eigenvalue weighted by Crippen LogP contribution is 2.29. The molecule has 0 amide bonds. The summed E-state index contributed by atoms with van der Waals surface area (Å²) in [4.78, 5) is 0. The van der Waals surface area contributed by atoms with Crippen LogP contribution in [0.5, 0.6) is 5.75 Å². The summed E-state index contributed by atoms with van der Waals surface area (Å²) in [6.07, 6.45) is 0.949. The fourth-order valence-corrected chi connectivity index (χ4v) is 2.01. The largest absolute Gasteiger partial charge is 0.491 e. The van der Waals surface area contributed by atoms with E-state index in [9.17, 15) is 0 Å². The molecule has 0 aliphatic heterocycles. The van der Waals surface area contributed by atoms with Gasteiger partial charge in [-0.05, 0) is 43.2 Å². The van der Waals surface area contributed by atoms with Crippen LogP contribution in [0.4, 0.5) is 17.1 Å². The lowest BCUT2D eigenvalue weighted by atomic mass is 10.2. The summed E-state index contributed by atoms with van der Waals surface area (Å²) in [6.45, 7) is 4.75. The number of ether oxygens (including phenoxy) is 1. The van der Waals surface area contributed by atoms with Gasteiger partial charge in [-0.2, -0.15) is 0 Å². The van der Waals surface area contributed by atoms with E-state index < -0.39 is 0 Å². The number of rotatable bonds is 5. The quantitative estimate of drug-likeness (QED) is 0.780. The minimum absolute atomic E-state index is 0.645. The number of nitrogens with two attached hydrogens (primary N) is 1. The SMILES string of the molecule is CCCOc1cc(Nc2cc(Cl)ccc2C)ccc1N.